The van der Waals surface area contributed by atoms with Crippen molar-refractivity contribution < 1.29 is 18.4 Å². The number of fused-ring (bicyclic) bond motifs is 2. The predicted molar refractivity (Wildman–Crippen MR) is 124 cm³/mol. The van der Waals surface area contributed by atoms with E-state index in [2.05, 4.69) is 5.32 Å². The van der Waals surface area contributed by atoms with Gasteiger partial charge in [-0.05, 0) is 17.7 Å². The predicted octanol–water partition coefficient (Wildman–Crippen LogP) is 4.62. The number of para-hydroxylation sites is 1. The fourth-order valence-electron chi connectivity index (χ4n) is 4.41. The number of anilines is 1. The molecule has 2 aliphatic heterocycles. The number of nitrogens with zero attached hydrogens (tertiary/aromatic N) is 2. The van der Waals surface area contributed by atoms with Crippen LogP contribution < -0.4 is 10.2 Å². The van der Waals surface area contributed by atoms with Crippen LogP contribution in [0.15, 0.2) is 72.8 Å². The molecule has 1 saturated heterocycles. The molecule has 0 saturated carbocycles. The first-order valence-corrected chi connectivity index (χ1v) is 11.6. The van der Waals surface area contributed by atoms with Crippen molar-refractivity contribution >= 4 is 29.4 Å². The Hall–Kier alpha value is -3.39. The van der Waals surface area contributed by atoms with Gasteiger partial charge in [0.15, 0.2) is 4.87 Å². The highest BCUT2D eigenvalue weighted by Crippen LogP contribution is 2.54. The molecule has 3 aromatic rings. The third kappa shape index (κ3) is 3.64. The van der Waals surface area contributed by atoms with E-state index in [1.165, 1.54) is 28.8 Å². The van der Waals surface area contributed by atoms with Gasteiger partial charge in [-0.1, -0.05) is 54.6 Å². The van der Waals surface area contributed by atoms with E-state index >= 15 is 0 Å². The topological polar surface area (TPSA) is 52.7 Å². The first-order chi connectivity index (χ1) is 16.0. The number of urea groups is 1. The van der Waals surface area contributed by atoms with Crippen molar-refractivity contribution in [3.05, 3.63) is 101 Å². The lowest BCUT2D eigenvalue weighted by atomic mass is 10.1. The fraction of sp³-hybridized carbons (Fsp3) is 0.200. The van der Waals surface area contributed by atoms with Crippen LogP contribution in [0, 0.1) is 11.6 Å². The van der Waals surface area contributed by atoms with Crippen molar-refractivity contribution in [2.24, 2.45) is 0 Å². The molecule has 8 heteroatoms. The third-order valence-corrected chi connectivity index (χ3v) is 7.40. The molecule has 0 radical (unpaired) electrons. The molecule has 3 aromatic carbocycles. The SMILES string of the molecule is O=C(NCc1ccccc1)N1CCS[C@@]12C(=O)N(Cc1ccc(F)cc1F)c1ccccc12. The smallest absolute Gasteiger partial charge is 0.319 e. The molecule has 33 heavy (non-hydrogen) atoms. The van der Waals surface area contributed by atoms with Crippen LogP contribution in [-0.4, -0.2) is 29.1 Å². The van der Waals surface area contributed by atoms with Gasteiger partial charge in [0.05, 0.1) is 12.2 Å². The van der Waals surface area contributed by atoms with Crippen LogP contribution in [0.3, 0.4) is 0 Å². The summed E-state index contributed by atoms with van der Waals surface area (Å²) >= 11 is 1.40. The number of thioether (sulfide) groups is 1. The third-order valence-electron chi connectivity index (χ3n) is 5.98. The van der Waals surface area contributed by atoms with E-state index in [0.29, 0.717) is 30.1 Å². The lowest BCUT2D eigenvalue weighted by Crippen LogP contribution is -2.53. The summed E-state index contributed by atoms with van der Waals surface area (Å²) in [7, 11) is 0. The van der Waals surface area contributed by atoms with E-state index in [1.807, 2.05) is 42.5 Å². The molecule has 5 rings (SSSR count). The molecule has 5 nitrogen and oxygen atoms in total. The lowest BCUT2D eigenvalue weighted by Gasteiger charge is -2.33. The molecule has 1 spiro atoms. The fourth-order valence-corrected chi connectivity index (χ4v) is 5.88. The van der Waals surface area contributed by atoms with Gasteiger partial charge in [-0.2, -0.15) is 0 Å². The highest BCUT2D eigenvalue weighted by molar-refractivity contribution is 8.01. The van der Waals surface area contributed by atoms with Crippen molar-refractivity contribution in [1.82, 2.24) is 10.2 Å². The molecule has 0 aromatic heterocycles. The summed E-state index contributed by atoms with van der Waals surface area (Å²) in [5.74, 6) is -1.09. The minimum Gasteiger partial charge on any atom is -0.334 e. The summed E-state index contributed by atoms with van der Waals surface area (Å²) in [6, 6.07) is 19.8. The Labute approximate surface area is 194 Å². The monoisotopic (exact) mass is 465 g/mol. The van der Waals surface area contributed by atoms with Gasteiger partial charge in [0.2, 0.25) is 0 Å². The first-order valence-electron chi connectivity index (χ1n) is 10.6. The molecule has 2 aliphatic rings. The Kier molecular flexibility index (Phi) is 5.54. The number of benzene rings is 3. The second kappa shape index (κ2) is 8.51. The standard InChI is InChI=1S/C25H21F2N3O2S/c26-19-11-10-18(21(27)14-19)16-29-22-9-5-4-8-20(22)25(23(29)31)30(12-13-33-25)24(32)28-15-17-6-2-1-3-7-17/h1-11,14H,12-13,15-16H2,(H,28,32)/t25-/m0/s1. The van der Waals surface area contributed by atoms with Crippen LogP contribution in [-0.2, 0) is 22.8 Å². The number of hydrogen-bond acceptors (Lipinski definition) is 3. The van der Waals surface area contributed by atoms with Gasteiger partial charge in [0.25, 0.3) is 5.91 Å². The minimum atomic E-state index is -1.21. The van der Waals surface area contributed by atoms with E-state index in [1.54, 1.807) is 17.0 Å². The number of rotatable bonds is 4. The Balaban J connectivity index is 1.46. The quantitative estimate of drug-likeness (QED) is 0.612. The van der Waals surface area contributed by atoms with Gasteiger partial charge in [-0.15, -0.1) is 11.8 Å². The van der Waals surface area contributed by atoms with Gasteiger partial charge in [-0.25, -0.2) is 13.6 Å². The van der Waals surface area contributed by atoms with Crippen molar-refractivity contribution in [3.8, 4) is 0 Å². The van der Waals surface area contributed by atoms with Crippen molar-refractivity contribution in [1.29, 1.82) is 0 Å². The molecule has 2 heterocycles. The molecular formula is C25H21F2N3O2S. The van der Waals surface area contributed by atoms with Crippen LogP contribution in [0.25, 0.3) is 0 Å². The van der Waals surface area contributed by atoms with Gasteiger partial charge in [0.1, 0.15) is 11.6 Å². The number of hydrogen-bond donors (Lipinski definition) is 1. The zero-order valence-corrected chi connectivity index (χ0v) is 18.4. The molecule has 1 N–H and O–H groups in total. The highest BCUT2D eigenvalue weighted by Gasteiger charge is 2.59. The zero-order valence-electron chi connectivity index (χ0n) is 17.6. The largest absolute Gasteiger partial charge is 0.334 e. The van der Waals surface area contributed by atoms with Crippen molar-refractivity contribution in [2.75, 3.05) is 17.2 Å². The van der Waals surface area contributed by atoms with E-state index in [4.69, 9.17) is 0 Å². The lowest BCUT2D eigenvalue weighted by molar-refractivity contribution is -0.123. The molecular weight excluding hydrogens is 444 g/mol. The summed E-state index contributed by atoms with van der Waals surface area (Å²) in [6.07, 6.45) is 0. The van der Waals surface area contributed by atoms with Gasteiger partial charge in [-0.3, -0.25) is 9.69 Å². The highest BCUT2D eigenvalue weighted by atomic mass is 32.2. The Morgan fingerprint density at radius 3 is 2.58 bits per heavy atom. The molecule has 0 bridgehead atoms. The summed E-state index contributed by atoms with van der Waals surface area (Å²) in [4.78, 5) is 28.9. The molecule has 1 atom stereocenters. The van der Waals surface area contributed by atoms with Crippen LogP contribution >= 0.6 is 11.8 Å². The van der Waals surface area contributed by atoms with E-state index in [9.17, 15) is 18.4 Å². The van der Waals surface area contributed by atoms with Crippen LogP contribution in [0.2, 0.25) is 0 Å². The maximum Gasteiger partial charge on any atom is 0.319 e. The molecule has 1 fully saturated rings. The number of nitrogens with one attached hydrogen (secondary N) is 1. The Bertz CT molecular complexity index is 1220. The maximum absolute atomic E-state index is 14.4. The zero-order chi connectivity index (χ0) is 23.0. The molecule has 0 unspecified atom stereocenters. The van der Waals surface area contributed by atoms with E-state index in [0.717, 1.165) is 11.6 Å². The Morgan fingerprint density at radius 2 is 1.79 bits per heavy atom. The number of carbonyl (C=O) groups is 2. The molecule has 0 aliphatic carbocycles. The summed E-state index contributed by atoms with van der Waals surface area (Å²) in [6.45, 7) is 0.700. The van der Waals surface area contributed by atoms with Gasteiger partial charge in [0, 0.05) is 36.0 Å². The van der Waals surface area contributed by atoms with Gasteiger partial charge < -0.3 is 10.2 Å². The average molecular weight is 466 g/mol. The van der Waals surface area contributed by atoms with Crippen LogP contribution in [0.4, 0.5) is 19.3 Å². The van der Waals surface area contributed by atoms with Crippen LogP contribution in [0.1, 0.15) is 16.7 Å². The molecule has 168 valence electrons. The minimum absolute atomic E-state index is 0.0518. The average Bonchev–Trinajstić information content (AvgIpc) is 3.37. The number of carbonyl (C=O) groups excluding carboxylic acids is 2. The number of amides is 3. The van der Waals surface area contributed by atoms with Crippen LogP contribution in [0.5, 0.6) is 0 Å². The summed E-state index contributed by atoms with van der Waals surface area (Å²) in [5.41, 5.74) is 2.49. The van der Waals surface area contributed by atoms with Crippen molar-refractivity contribution in [3.63, 3.8) is 0 Å². The van der Waals surface area contributed by atoms with Gasteiger partial charge >= 0.3 is 6.03 Å². The summed E-state index contributed by atoms with van der Waals surface area (Å²) < 4.78 is 27.8. The second-order valence-electron chi connectivity index (χ2n) is 7.93. The van der Waals surface area contributed by atoms with Crippen molar-refractivity contribution in [2.45, 2.75) is 18.0 Å². The molecule has 3 amide bonds. The first kappa shape index (κ1) is 21.5. The second-order valence-corrected chi connectivity index (χ2v) is 9.22. The number of halogens is 2. The maximum atomic E-state index is 14.4. The Morgan fingerprint density at radius 1 is 1.03 bits per heavy atom. The normalized spacial score (nSPS) is 19.3. The summed E-state index contributed by atoms with van der Waals surface area (Å²) in [5, 5.41) is 2.92. The van der Waals surface area contributed by atoms with E-state index in [-0.39, 0.29) is 24.0 Å². The van der Waals surface area contributed by atoms with E-state index < -0.39 is 16.5 Å².